The molecule has 0 unspecified atom stereocenters. The predicted molar refractivity (Wildman–Crippen MR) is 72.9 cm³/mol. The Morgan fingerprint density at radius 3 is 2.55 bits per heavy atom. The third kappa shape index (κ3) is 3.12. The van der Waals surface area contributed by atoms with E-state index < -0.39 is 17.6 Å². The SMILES string of the molecule is CC1CCC(O)(CN2CCn3c(nnc3C(F)(F)F)C2)CC1. The number of alkyl halides is 3. The van der Waals surface area contributed by atoms with Crippen LogP contribution in [0.25, 0.3) is 0 Å². The van der Waals surface area contributed by atoms with Crippen LogP contribution >= 0.6 is 0 Å². The number of β-amino-alcohol motifs (C(OH)–C–C–N with tert-alkyl or cyclic N) is 1. The molecule has 1 aromatic heterocycles. The van der Waals surface area contributed by atoms with Crippen LogP contribution in [0.5, 0.6) is 0 Å². The van der Waals surface area contributed by atoms with Gasteiger partial charge in [-0.1, -0.05) is 6.92 Å². The molecule has 5 nitrogen and oxygen atoms in total. The van der Waals surface area contributed by atoms with Gasteiger partial charge in [0.25, 0.3) is 0 Å². The highest BCUT2D eigenvalue weighted by atomic mass is 19.4. The molecule has 3 rings (SSSR count). The van der Waals surface area contributed by atoms with E-state index in [9.17, 15) is 18.3 Å². The van der Waals surface area contributed by atoms with Gasteiger partial charge in [0, 0.05) is 19.6 Å². The summed E-state index contributed by atoms with van der Waals surface area (Å²) < 4.78 is 39.5. The number of halogens is 3. The molecule has 0 radical (unpaired) electrons. The van der Waals surface area contributed by atoms with Gasteiger partial charge in [-0.3, -0.25) is 4.90 Å². The first kappa shape index (κ1) is 15.7. The maximum atomic E-state index is 12.8. The molecular formula is C14H21F3N4O. The van der Waals surface area contributed by atoms with E-state index >= 15 is 0 Å². The summed E-state index contributed by atoms with van der Waals surface area (Å²) in [5, 5.41) is 17.6. The van der Waals surface area contributed by atoms with Crippen LogP contribution in [0.4, 0.5) is 13.2 Å². The van der Waals surface area contributed by atoms with E-state index in [0.717, 1.165) is 30.3 Å². The van der Waals surface area contributed by atoms with Crippen LogP contribution < -0.4 is 0 Å². The van der Waals surface area contributed by atoms with E-state index in [-0.39, 0.29) is 6.54 Å². The summed E-state index contributed by atoms with van der Waals surface area (Å²) in [5.41, 5.74) is -0.721. The Morgan fingerprint density at radius 1 is 1.23 bits per heavy atom. The highest BCUT2D eigenvalue weighted by molar-refractivity contribution is 5.03. The molecule has 22 heavy (non-hydrogen) atoms. The lowest BCUT2D eigenvalue weighted by Gasteiger charge is -2.40. The standard InChI is InChI=1S/C14H21F3N4O/c1-10-2-4-13(22,5-3-10)9-20-6-7-21-11(8-20)18-19-12(21)14(15,16)17/h10,22H,2-9H2,1H3. The number of nitrogens with zero attached hydrogens (tertiary/aromatic N) is 4. The third-order valence-corrected chi connectivity index (χ3v) is 4.81. The average Bonchev–Trinajstić information content (AvgIpc) is 2.85. The van der Waals surface area contributed by atoms with Gasteiger partial charge in [0.1, 0.15) is 5.82 Å². The summed E-state index contributed by atoms with van der Waals surface area (Å²) in [5.74, 6) is 0.0396. The van der Waals surface area contributed by atoms with Crippen molar-refractivity contribution in [1.82, 2.24) is 19.7 Å². The van der Waals surface area contributed by atoms with Gasteiger partial charge >= 0.3 is 6.18 Å². The minimum Gasteiger partial charge on any atom is -0.389 e. The monoisotopic (exact) mass is 318 g/mol. The molecule has 1 fully saturated rings. The number of aromatic nitrogens is 3. The van der Waals surface area contributed by atoms with E-state index in [1.54, 1.807) is 0 Å². The Morgan fingerprint density at radius 2 is 1.91 bits per heavy atom. The minimum absolute atomic E-state index is 0.212. The van der Waals surface area contributed by atoms with Crippen LogP contribution in [0.3, 0.4) is 0 Å². The van der Waals surface area contributed by atoms with Gasteiger partial charge in [-0.25, -0.2) is 0 Å². The minimum atomic E-state index is -4.47. The lowest BCUT2D eigenvalue weighted by Crippen LogP contribution is -2.47. The Bertz CT molecular complexity index is 535. The molecule has 0 amide bonds. The van der Waals surface area contributed by atoms with Gasteiger partial charge in [-0.2, -0.15) is 13.2 Å². The molecule has 1 aliphatic carbocycles. The van der Waals surface area contributed by atoms with E-state index in [2.05, 4.69) is 17.1 Å². The third-order valence-electron chi connectivity index (χ3n) is 4.81. The molecule has 2 aliphatic rings. The van der Waals surface area contributed by atoms with Crippen LogP contribution in [-0.2, 0) is 19.3 Å². The number of hydrogen-bond donors (Lipinski definition) is 1. The second kappa shape index (κ2) is 5.49. The summed E-state index contributed by atoms with van der Waals surface area (Å²) in [7, 11) is 0. The van der Waals surface area contributed by atoms with Gasteiger partial charge in [0.05, 0.1) is 12.1 Å². The van der Waals surface area contributed by atoms with E-state index in [1.807, 2.05) is 4.90 Å². The zero-order valence-corrected chi connectivity index (χ0v) is 12.6. The molecule has 0 atom stereocenters. The van der Waals surface area contributed by atoms with Crippen molar-refractivity contribution in [1.29, 1.82) is 0 Å². The highest BCUT2D eigenvalue weighted by Gasteiger charge is 2.40. The Kier molecular flexibility index (Phi) is 3.92. The Hall–Kier alpha value is -1.15. The van der Waals surface area contributed by atoms with Crippen LogP contribution in [0.15, 0.2) is 0 Å². The molecule has 1 N–H and O–H groups in total. The predicted octanol–water partition coefficient (Wildman–Crippen LogP) is 2.05. The number of rotatable bonds is 2. The van der Waals surface area contributed by atoms with Gasteiger partial charge in [0.2, 0.25) is 5.82 Å². The van der Waals surface area contributed by atoms with Gasteiger partial charge in [0.15, 0.2) is 0 Å². The molecule has 1 aliphatic heterocycles. The average molecular weight is 318 g/mol. The van der Waals surface area contributed by atoms with E-state index in [4.69, 9.17) is 0 Å². The largest absolute Gasteiger partial charge is 0.451 e. The summed E-state index contributed by atoms with van der Waals surface area (Å²) in [6.07, 6.45) is -0.959. The zero-order chi connectivity index (χ0) is 16.0. The maximum Gasteiger partial charge on any atom is 0.451 e. The van der Waals surface area contributed by atoms with Crippen molar-refractivity contribution in [2.45, 2.75) is 57.5 Å². The van der Waals surface area contributed by atoms with Crippen molar-refractivity contribution in [3.05, 3.63) is 11.6 Å². The smallest absolute Gasteiger partial charge is 0.389 e. The second-order valence-corrected chi connectivity index (χ2v) is 6.71. The Balaban J connectivity index is 1.67. The number of aliphatic hydroxyl groups is 1. The fraction of sp³-hybridized carbons (Fsp3) is 0.857. The molecule has 1 aromatic rings. The summed E-state index contributed by atoms with van der Waals surface area (Å²) >= 11 is 0. The van der Waals surface area contributed by atoms with Gasteiger partial charge < -0.3 is 9.67 Å². The first-order valence-electron chi connectivity index (χ1n) is 7.71. The Labute approximate surface area is 127 Å². The van der Waals surface area contributed by atoms with Crippen LogP contribution in [-0.4, -0.2) is 43.5 Å². The number of fused-ring (bicyclic) bond motifs is 1. The van der Waals surface area contributed by atoms with Gasteiger partial charge in [-0.05, 0) is 31.6 Å². The molecule has 124 valence electrons. The molecule has 0 aromatic carbocycles. The van der Waals surface area contributed by atoms with Crippen molar-refractivity contribution >= 4 is 0 Å². The van der Waals surface area contributed by atoms with Crippen molar-refractivity contribution in [3.8, 4) is 0 Å². The van der Waals surface area contributed by atoms with Crippen molar-refractivity contribution < 1.29 is 18.3 Å². The molecule has 0 spiro atoms. The first-order valence-corrected chi connectivity index (χ1v) is 7.71. The van der Waals surface area contributed by atoms with Crippen LogP contribution in [0, 0.1) is 5.92 Å². The van der Waals surface area contributed by atoms with Crippen molar-refractivity contribution in [2.75, 3.05) is 13.1 Å². The van der Waals surface area contributed by atoms with Gasteiger partial charge in [-0.15, -0.1) is 10.2 Å². The molecule has 0 saturated heterocycles. The van der Waals surface area contributed by atoms with Crippen LogP contribution in [0.1, 0.15) is 44.3 Å². The molecule has 0 bridgehead atoms. The fourth-order valence-corrected chi connectivity index (χ4v) is 3.43. The zero-order valence-electron chi connectivity index (χ0n) is 12.6. The summed E-state index contributed by atoms with van der Waals surface area (Å²) in [6, 6.07) is 0. The topological polar surface area (TPSA) is 54.2 Å². The maximum absolute atomic E-state index is 12.8. The lowest BCUT2D eigenvalue weighted by atomic mass is 9.79. The van der Waals surface area contributed by atoms with Crippen molar-refractivity contribution in [3.63, 3.8) is 0 Å². The lowest BCUT2D eigenvalue weighted by molar-refractivity contribution is -0.148. The molecule has 2 heterocycles. The molecule has 8 heteroatoms. The quantitative estimate of drug-likeness (QED) is 0.907. The summed E-state index contributed by atoms with van der Waals surface area (Å²) in [4.78, 5) is 1.99. The fourth-order valence-electron chi connectivity index (χ4n) is 3.43. The first-order chi connectivity index (χ1) is 10.3. The van der Waals surface area contributed by atoms with E-state index in [1.165, 1.54) is 0 Å². The van der Waals surface area contributed by atoms with Crippen molar-refractivity contribution in [2.24, 2.45) is 5.92 Å². The highest BCUT2D eigenvalue weighted by Crippen LogP contribution is 2.34. The van der Waals surface area contributed by atoms with E-state index in [0.29, 0.717) is 31.4 Å². The molecular weight excluding hydrogens is 297 g/mol. The normalized spacial score (nSPS) is 30.3. The number of hydrogen-bond acceptors (Lipinski definition) is 4. The molecule has 1 saturated carbocycles. The summed E-state index contributed by atoms with van der Waals surface area (Å²) in [6.45, 7) is 3.67. The second-order valence-electron chi connectivity index (χ2n) is 6.71. The van der Waals surface area contributed by atoms with Crippen LogP contribution in [0.2, 0.25) is 0 Å².